The highest BCUT2D eigenvalue weighted by Crippen LogP contribution is 2.21. The molecule has 0 spiro atoms. The summed E-state index contributed by atoms with van der Waals surface area (Å²) < 4.78 is 1.28. The number of carboxylic acid groups (broad SMARTS) is 1. The second-order valence-electron chi connectivity index (χ2n) is 3.88. The van der Waals surface area contributed by atoms with E-state index in [2.05, 4.69) is 5.10 Å². The highest BCUT2D eigenvalue weighted by molar-refractivity contribution is 5.68. The largest absolute Gasteiger partial charge is 0.480 e. The second-order valence-corrected chi connectivity index (χ2v) is 3.88. The Kier molecular flexibility index (Phi) is 2.82. The van der Waals surface area contributed by atoms with Crippen LogP contribution in [0.3, 0.4) is 0 Å². The van der Waals surface area contributed by atoms with Crippen LogP contribution >= 0.6 is 0 Å². The van der Waals surface area contributed by atoms with Crippen molar-refractivity contribution in [1.82, 2.24) is 9.78 Å². The molecule has 1 aromatic carbocycles. The SMILES string of the molecule is Cc1cccc(-c2cc(N)n(CC(=O)O)n2)c1. The van der Waals surface area contributed by atoms with Crippen LogP contribution in [0.5, 0.6) is 0 Å². The molecule has 0 aliphatic carbocycles. The summed E-state index contributed by atoms with van der Waals surface area (Å²) in [5.41, 5.74) is 8.44. The lowest BCUT2D eigenvalue weighted by atomic mass is 10.1. The van der Waals surface area contributed by atoms with Gasteiger partial charge in [0, 0.05) is 11.6 Å². The quantitative estimate of drug-likeness (QED) is 0.839. The number of nitrogens with zero attached hydrogens (tertiary/aromatic N) is 2. The number of hydrogen-bond acceptors (Lipinski definition) is 3. The van der Waals surface area contributed by atoms with Crippen LogP contribution in [0.25, 0.3) is 11.3 Å². The number of anilines is 1. The van der Waals surface area contributed by atoms with E-state index in [1.165, 1.54) is 4.68 Å². The van der Waals surface area contributed by atoms with Crippen LogP contribution in [0.1, 0.15) is 5.56 Å². The highest BCUT2D eigenvalue weighted by atomic mass is 16.4. The number of aryl methyl sites for hydroxylation is 1. The Labute approximate surface area is 98.5 Å². The highest BCUT2D eigenvalue weighted by Gasteiger charge is 2.09. The predicted molar refractivity (Wildman–Crippen MR) is 64.4 cm³/mol. The van der Waals surface area contributed by atoms with E-state index in [-0.39, 0.29) is 6.54 Å². The molecule has 0 bridgehead atoms. The summed E-state index contributed by atoms with van der Waals surface area (Å²) in [6, 6.07) is 9.49. The van der Waals surface area contributed by atoms with Gasteiger partial charge in [0.25, 0.3) is 0 Å². The van der Waals surface area contributed by atoms with Crippen molar-refractivity contribution in [3.05, 3.63) is 35.9 Å². The number of nitrogens with two attached hydrogens (primary N) is 1. The predicted octanol–water partition coefficient (Wildman–Crippen LogP) is 1.53. The van der Waals surface area contributed by atoms with Crippen LogP contribution in [0, 0.1) is 6.92 Å². The van der Waals surface area contributed by atoms with Crippen LogP contribution in [0.2, 0.25) is 0 Å². The lowest BCUT2D eigenvalue weighted by Crippen LogP contribution is -2.12. The minimum absolute atomic E-state index is 0.225. The van der Waals surface area contributed by atoms with E-state index >= 15 is 0 Å². The first-order chi connectivity index (χ1) is 8.06. The van der Waals surface area contributed by atoms with Crippen molar-refractivity contribution < 1.29 is 9.90 Å². The summed E-state index contributed by atoms with van der Waals surface area (Å²) in [6.07, 6.45) is 0. The molecular weight excluding hydrogens is 218 g/mol. The molecular formula is C12H13N3O2. The van der Waals surface area contributed by atoms with Crippen molar-refractivity contribution in [2.24, 2.45) is 0 Å². The fourth-order valence-electron chi connectivity index (χ4n) is 1.63. The molecule has 5 nitrogen and oxygen atoms in total. The molecule has 0 saturated carbocycles. The first-order valence-corrected chi connectivity index (χ1v) is 5.18. The van der Waals surface area contributed by atoms with Gasteiger partial charge in [-0.25, -0.2) is 4.68 Å². The molecule has 3 N–H and O–H groups in total. The number of aliphatic carboxylic acids is 1. The Bertz CT molecular complexity index is 561. The maximum atomic E-state index is 10.6. The molecule has 0 aliphatic heterocycles. The van der Waals surface area contributed by atoms with Crippen molar-refractivity contribution in [2.45, 2.75) is 13.5 Å². The van der Waals surface area contributed by atoms with Crippen LogP contribution in [-0.2, 0) is 11.3 Å². The minimum atomic E-state index is -0.962. The van der Waals surface area contributed by atoms with Gasteiger partial charge in [-0.2, -0.15) is 5.10 Å². The molecule has 88 valence electrons. The van der Waals surface area contributed by atoms with Crippen LogP contribution in [-0.4, -0.2) is 20.9 Å². The summed E-state index contributed by atoms with van der Waals surface area (Å²) in [5, 5.41) is 12.9. The lowest BCUT2D eigenvalue weighted by Gasteiger charge is -1.99. The van der Waals surface area contributed by atoms with E-state index in [1.54, 1.807) is 6.07 Å². The third-order valence-electron chi connectivity index (χ3n) is 2.41. The summed E-state index contributed by atoms with van der Waals surface area (Å²) in [5.74, 6) is -0.612. The van der Waals surface area contributed by atoms with Gasteiger partial charge in [0.1, 0.15) is 12.4 Å². The molecule has 5 heteroatoms. The molecule has 0 aliphatic rings. The Morgan fingerprint density at radius 2 is 2.24 bits per heavy atom. The van der Waals surface area contributed by atoms with Gasteiger partial charge >= 0.3 is 5.97 Å². The molecule has 1 heterocycles. The zero-order chi connectivity index (χ0) is 12.4. The van der Waals surface area contributed by atoms with Gasteiger partial charge in [-0.3, -0.25) is 4.79 Å². The standard InChI is InChI=1S/C12H13N3O2/c1-8-3-2-4-9(5-8)10-6-11(13)15(14-10)7-12(16)17/h2-6H,7,13H2,1H3,(H,16,17). The molecule has 0 saturated heterocycles. The average molecular weight is 231 g/mol. The topological polar surface area (TPSA) is 81.1 Å². The van der Waals surface area contributed by atoms with Gasteiger partial charge < -0.3 is 10.8 Å². The number of nitrogen functional groups attached to an aromatic ring is 1. The number of carboxylic acids is 1. The molecule has 17 heavy (non-hydrogen) atoms. The van der Waals surface area contributed by atoms with Crippen molar-refractivity contribution in [1.29, 1.82) is 0 Å². The normalized spacial score (nSPS) is 10.4. The molecule has 0 fully saturated rings. The average Bonchev–Trinajstić information content (AvgIpc) is 2.59. The monoisotopic (exact) mass is 231 g/mol. The Morgan fingerprint density at radius 3 is 2.88 bits per heavy atom. The van der Waals surface area contributed by atoms with Crippen molar-refractivity contribution in [3.8, 4) is 11.3 Å². The van der Waals surface area contributed by atoms with E-state index in [9.17, 15) is 4.79 Å². The summed E-state index contributed by atoms with van der Waals surface area (Å²) in [7, 11) is 0. The van der Waals surface area contributed by atoms with Crippen LogP contribution in [0.15, 0.2) is 30.3 Å². The third-order valence-corrected chi connectivity index (χ3v) is 2.41. The second kappa shape index (κ2) is 4.29. The smallest absolute Gasteiger partial charge is 0.325 e. The minimum Gasteiger partial charge on any atom is -0.480 e. The van der Waals surface area contributed by atoms with Crippen molar-refractivity contribution in [3.63, 3.8) is 0 Å². The number of aromatic nitrogens is 2. The van der Waals surface area contributed by atoms with E-state index in [1.807, 2.05) is 31.2 Å². The molecule has 1 aromatic heterocycles. The van der Waals surface area contributed by atoms with Gasteiger partial charge in [-0.05, 0) is 13.0 Å². The lowest BCUT2D eigenvalue weighted by molar-refractivity contribution is -0.137. The number of benzene rings is 1. The van der Waals surface area contributed by atoms with E-state index in [4.69, 9.17) is 10.8 Å². The van der Waals surface area contributed by atoms with Gasteiger partial charge in [0.15, 0.2) is 0 Å². The van der Waals surface area contributed by atoms with E-state index < -0.39 is 5.97 Å². The zero-order valence-electron chi connectivity index (χ0n) is 9.42. The van der Waals surface area contributed by atoms with Gasteiger partial charge in [-0.1, -0.05) is 23.8 Å². The molecule has 0 atom stereocenters. The molecule has 0 amide bonds. The number of rotatable bonds is 3. The molecule has 2 aromatic rings. The Morgan fingerprint density at radius 1 is 1.47 bits per heavy atom. The molecule has 2 rings (SSSR count). The van der Waals surface area contributed by atoms with E-state index in [0.717, 1.165) is 11.1 Å². The zero-order valence-corrected chi connectivity index (χ0v) is 9.42. The Hall–Kier alpha value is -2.30. The third kappa shape index (κ3) is 2.44. The van der Waals surface area contributed by atoms with Crippen molar-refractivity contribution >= 4 is 11.8 Å². The fourth-order valence-corrected chi connectivity index (χ4v) is 1.63. The van der Waals surface area contributed by atoms with Crippen molar-refractivity contribution in [2.75, 3.05) is 5.73 Å². The van der Waals surface area contributed by atoms with Crippen LogP contribution in [0.4, 0.5) is 5.82 Å². The van der Waals surface area contributed by atoms with Gasteiger partial charge in [-0.15, -0.1) is 0 Å². The molecule has 0 radical (unpaired) electrons. The van der Waals surface area contributed by atoms with Gasteiger partial charge in [0.2, 0.25) is 0 Å². The van der Waals surface area contributed by atoms with E-state index in [0.29, 0.717) is 11.5 Å². The first-order valence-electron chi connectivity index (χ1n) is 5.18. The fraction of sp³-hybridized carbons (Fsp3) is 0.167. The summed E-state index contributed by atoms with van der Waals surface area (Å²) >= 11 is 0. The summed E-state index contributed by atoms with van der Waals surface area (Å²) in [6.45, 7) is 1.76. The first kappa shape index (κ1) is 11.2. The van der Waals surface area contributed by atoms with Crippen LogP contribution < -0.4 is 5.73 Å². The molecule has 0 unspecified atom stereocenters. The maximum Gasteiger partial charge on any atom is 0.325 e. The number of carbonyl (C=O) groups is 1. The Balaban J connectivity index is 2.37. The maximum absolute atomic E-state index is 10.6. The van der Waals surface area contributed by atoms with Gasteiger partial charge in [0.05, 0.1) is 5.69 Å². The number of hydrogen-bond donors (Lipinski definition) is 2. The summed E-state index contributed by atoms with van der Waals surface area (Å²) in [4.78, 5) is 10.6.